The molecule has 1 aromatic rings. The third kappa shape index (κ3) is 3.84. The van der Waals surface area contributed by atoms with E-state index in [0.717, 1.165) is 25.9 Å². The van der Waals surface area contributed by atoms with Gasteiger partial charge in [0.1, 0.15) is 11.4 Å². The van der Waals surface area contributed by atoms with Gasteiger partial charge in [0.2, 0.25) is 5.91 Å². The lowest BCUT2D eigenvalue weighted by Gasteiger charge is -2.26. The van der Waals surface area contributed by atoms with Crippen LogP contribution in [0.3, 0.4) is 0 Å². The highest BCUT2D eigenvalue weighted by Gasteiger charge is 2.19. The zero-order chi connectivity index (χ0) is 15.2. The number of hydrogen-bond acceptors (Lipinski definition) is 5. The maximum absolute atomic E-state index is 12.0. The van der Waals surface area contributed by atoms with E-state index in [0.29, 0.717) is 18.7 Å². The van der Waals surface area contributed by atoms with Gasteiger partial charge in [-0.05, 0) is 31.4 Å². The monoisotopic (exact) mass is 292 g/mol. The quantitative estimate of drug-likeness (QED) is 0.491. The summed E-state index contributed by atoms with van der Waals surface area (Å²) in [5, 5.41) is 13.9. The first-order valence-electron chi connectivity index (χ1n) is 7.14. The molecule has 0 aliphatic carbocycles. The summed E-state index contributed by atoms with van der Waals surface area (Å²) in [5.41, 5.74) is 5.95. The average molecular weight is 292 g/mol. The zero-order valence-corrected chi connectivity index (χ0v) is 11.9. The number of hydrogen-bond donors (Lipinski definition) is 2. The number of rotatable bonds is 5. The fraction of sp³-hybridized carbons (Fsp3) is 0.500. The molecular formula is C14H20N4O3. The number of nitrogen functional groups attached to an aromatic ring is 1. The summed E-state index contributed by atoms with van der Waals surface area (Å²) >= 11 is 0. The Balaban J connectivity index is 1.90. The molecule has 1 aromatic carbocycles. The summed E-state index contributed by atoms with van der Waals surface area (Å²) in [6.45, 7) is 1.99. The minimum Gasteiger partial charge on any atom is -0.393 e. The van der Waals surface area contributed by atoms with E-state index in [2.05, 4.69) is 5.32 Å². The predicted octanol–water partition coefficient (Wildman–Crippen LogP) is 1.99. The molecule has 7 nitrogen and oxygen atoms in total. The van der Waals surface area contributed by atoms with Crippen LogP contribution in [0.25, 0.3) is 0 Å². The van der Waals surface area contributed by atoms with E-state index in [1.54, 1.807) is 12.1 Å². The summed E-state index contributed by atoms with van der Waals surface area (Å²) in [6.07, 6.45) is 3.61. The Kier molecular flexibility index (Phi) is 4.97. The van der Waals surface area contributed by atoms with E-state index in [9.17, 15) is 14.9 Å². The fourth-order valence-corrected chi connectivity index (χ4v) is 2.51. The minimum absolute atomic E-state index is 0.0914. The van der Waals surface area contributed by atoms with Crippen molar-refractivity contribution in [1.29, 1.82) is 0 Å². The molecule has 1 aliphatic rings. The Morgan fingerprint density at radius 2 is 2.05 bits per heavy atom. The maximum atomic E-state index is 12.0. The normalized spacial score (nSPS) is 14.8. The van der Waals surface area contributed by atoms with E-state index in [-0.39, 0.29) is 17.3 Å². The summed E-state index contributed by atoms with van der Waals surface area (Å²) in [7, 11) is 0. The molecule has 1 amide bonds. The van der Waals surface area contributed by atoms with Gasteiger partial charge in [-0.1, -0.05) is 6.07 Å². The van der Waals surface area contributed by atoms with Gasteiger partial charge in [0.25, 0.3) is 0 Å². The van der Waals surface area contributed by atoms with Crippen molar-refractivity contribution >= 4 is 23.0 Å². The molecule has 0 bridgehead atoms. The number of benzene rings is 1. The van der Waals surface area contributed by atoms with E-state index in [4.69, 9.17) is 5.73 Å². The van der Waals surface area contributed by atoms with Gasteiger partial charge in [0, 0.05) is 26.1 Å². The first-order valence-corrected chi connectivity index (χ1v) is 7.14. The molecule has 0 saturated carbocycles. The van der Waals surface area contributed by atoms with Gasteiger partial charge in [-0.15, -0.1) is 0 Å². The number of anilines is 2. The largest absolute Gasteiger partial charge is 0.393 e. The summed E-state index contributed by atoms with van der Waals surface area (Å²) < 4.78 is 0. The van der Waals surface area contributed by atoms with Crippen molar-refractivity contribution in [1.82, 2.24) is 4.90 Å². The highest BCUT2D eigenvalue weighted by Crippen LogP contribution is 2.30. The second-order valence-electron chi connectivity index (χ2n) is 5.12. The van der Waals surface area contributed by atoms with Crippen LogP contribution >= 0.6 is 0 Å². The van der Waals surface area contributed by atoms with Gasteiger partial charge < -0.3 is 16.0 Å². The second-order valence-corrected chi connectivity index (χ2v) is 5.12. The maximum Gasteiger partial charge on any atom is 0.314 e. The number of carbonyl (C=O) groups is 1. The molecule has 1 aliphatic heterocycles. The zero-order valence-electron chi connectivity index (χ0n) is 11.9. The van der Waals surface area contributed by atoms with E-state index >= 15 is 0 Å². The number of piperidine rings is 1. The second kappa shape index (κ2) is 6.92. The Morgan fingerprint density at radius 1 is 1.33 bits per heavy atom. The first-order chi connectivity index (χ1) is 10.1. The molecule has 114 valence electrons. The van der Waals surface area contributed by atoms with Gasteiger partial charge in [0.05, 0.1) is 4.92 Å². The summed E-state index contributed by atoms with van der Waals surface area (Å²) in [6, 6.07) is 4.74. The van der Waals surface area contributed by atoms with Gasteiger partial charge in [-0.3, -0.25) is 14.9 Å². The van der Waals surface area contributed by atoms with Crippen molar-refractivity contribution in [2.24, 2.45) is 0 Å². The van der Waals surface area contributed by atoms with Crippen LogP contribution in [0.15, 0.2) is 18.2 Å². The number of likely N-dealkylation sites (tertiary alicyclic amines) is 1. The number of nitrogens with two attached hydrogens (primary N) is 1. The van der Waals surface area contributed by atoms with Crippen molar-refractivity contribution in [3.05, 3.63) is 28.3 Å². The van der Waals surface area contributed by atoms with Crippen LogP contribution < -0.4 is 11.1 Å². The Bertz CT molecular complexity index is 527. The lowest BCUT2D eigenvalue weighted by Crippen LogP contribution is -2.36. The Morgan fingerprint density at radius 3 is 2.71 bits per heavy atom. The highest BCUT2D eigenvalue weighted by molar-refractivity contribution is 5.78. The lowest BCUT2D eigenvalue weighted by atomic mass is 10.1. The highest BCUT2D eigenvalue weighted by atomic mass is 16.6. The van der Waals surface area contributed by atoms with E-state index in [1.165, 1.54) is 12.5 Å². The molecule has 0 unspecified atom stereocenters. The number of nitro benzene ring substituents is 1. The molecule has 2 rings (SSSR count). The lowest BCUT2D eigenvalue weighted by molar-refractivity contribution is -0.383. The molecule has 3 N–H and O–H groups in total. The molecule has 1 heterocycles. The van der Waals surface area contributed by atoms with Crippen molar-refractivity contribution in [3.63, 3.8) is 0 Å². The van der Waals surface area contributed by atoms with Crippen LogP contribution in [0.5, 0.6) is 0 Å². The number of nitrogens with zero attached hydrogens (tertiary/aromatic N) is 2. The van der Waals surface area contributed by atoms with Gasteiger partial charge in [-0.25, -0.2) is 0 Å². The van der Waals surface area contributed by atoms with Gasteiger partial charge >= 0.3 is 5.69 Å². The molecule has 1 fully saturated rings. The van der Waals surface area contributed by atoms with Crippen LogP contribution in [-0.2, 0) is 4.79 Å². The topological polar surface area (TPSA) is 102 Å². The van der Waals surface area contributed by atoms with Crippen molar-refractivity contribution in [2.45, 2.75) is 25.7 Å². The molecule has 7 heteroatoms. The average Bonchev–Trinajstić information content (AvgIpc) is 2.47. The van der Waals surface area contributed by atoms with Gasteiger partial charge in [0.15, 0.2) is 0 Å². The van der Waals surface area contributed by atoms with Crippen LogP contribution in [0, 0.1) is 10.1 Å². The molecule has 1 saturated heterocycles. The third-order valence-electron chi connectivity index (χ3n) is 3.61. The third-order valence-corrected chi connectivity index (χ3v) is 3.61. The SMILES string of the molecule is Nc1cccc(NCCC(=O)N2CCCCC2)c1[N+](=O)[O-]. The number of amides is 1. The molecule has 0 radical (unpaired) electrons. The Labute approximate surface area is 123 Å². The van der Waals surface area contributed by atoms with Crippen molar-refractivity contribution in [3.8, 4) is 0 Å². The van der Waals surface area contributed by atoms with E-state index in [1.807, 2.05) is 4.90 Å². The molecule has 0 spiro atoms. The number of carbonyl (C=O) groups excluding carboxylic acids is 1. The van der Waals surface area contributed by atoms with Crippen LogP contribution in [0.1, 0.15) is 25.7 Å². The van der Waals surface area contributed by atoms with Gasteiger partial charge in [-0.2, -0.15) is 0 Å². The molecular weight excluding hydrogens is 272 g/mol. The number of nitrogens with one attached hydrogen (secondary N) is 1. The summed E-state index contributed by atoms with van der Waals surface area (Å²) in [4.78, 5) is 24.3. The predicted molar refractivity (Wildman–Crippen MR) is 81.0 cm³/mol. The van der Waals surface area contributed by atoms with Crippen LogP contribution in [-0.4, -0.2) is 35.4 Å². The molecule has 0 aromatic heterocycles. The smallest absolute Gasteiger partial charge is 0.314 e. The van der Waals surface area contributed by atoms with Crippen molar-refractivity contribution in [2.75, 3.05) is 30.7 Å². The van der Waals surface area contributed by atoms with Crippen LogP contribution in [0.2, 0.25) is 0 Å². The van der Waals surface area contributed by atoms with Crippen LogP contribution in [0.4, 0.5) is 17.1 Å². The number of nitro groups is 1. The number of para-hydroxylation sites is 1. The molecule has 0 atom stereocenters. The standard InChI is InChI=1S/C14H20N4O3/c15-11-5-4-6-12(14(11)18(20)21)16-8-7-13(19)17-9-2-1-3-10-17/h4-6,16H,1-3,7-10,15H2. The first kappa shape index (κ1) is 15.1. The molecule has 21 heavy (non-hydrogen) atoms. The summed E-state index contributed by atoms with van der Waals surface area (Å²) in [5.74, 6) is 0.0914. The Hall–Kier alpha value is -2.31. The fourth-order valence-electron chi connectivity index (χ4n) is 2.51. The minimum atomic E-state index is -0.510. The van der Waals surface area contributed by atoms with Crippen molar-refractivity contribution < 1.29 is 9.72 Å². The van der Waals surface area contributed by atoms with E-state index < -0.39 is 4.92 Å².